The van der Waals surface area contributed by atoms with E-state index in [1.54, 1.807) is 25.3 Å². The van der Waals surface area contributed by atoms with E-state index in [0.717, 1.165) is 6.42 Å². The maximum atomic E-state index is 13.3. The molecule has 0 aromatic heterocycles. The molecule has 1 aromatic rings. The van der Waals surface area contributed by atoms with E-state index in [9.17, 15) is 9.50 Å². The van der Waals surface area contributed by atoms with Crippen LogP contribution >= 0.6 is 0 Å². The van der Waals surface area contributed by atoms with Gasteiger partial charge < -0.3 is 19.3 Å². The first kappa shape index (κ1) is 16.0. The monoisotopic (exact) mass is 272 g/mol. The van der Waals surface area contributed by atoms with Crippen molar-refractivity contribution in [2.45, 2.75) is 12.5 Å². The predicted molar refractivity (Wildman–Crippen MR) is 69.5 cm³/mol. The second kappa shape index (κ2) is 9.86. The SMILES string of the molecule is COCCOCCCOCC(O)c1ccccc1F. The van der Waals surface area contributed by atoms with Crippen LogP contribution in [0.25, 0.3) is 0 Å². The highest BCUT2D eigenvalue weighted by atomic mass is 19.1. The first-order chi connectivity index (χ1) is 9.25. The lowest BCUT2D eigenvalue weighted by atomic mass is 10.1. The molecule has 0 aliphatic heterocycles. The lowest BCUT2D eigenvalue weighted by molar-refractivity contribution is 0.0171. The fourth-order valence-electron chi connectivity index (χ4n) is 1.54. The van der Waals surface area contributed by atoms with Crippen LogP contribution in [0.1, 0.15) is 18.1 Å². The van der Waals surface area contributed by atoms with Gasteiger partial charge in [-0.25, -0.2) is 4.39 Å². The number of benzene rings is 1. The highest BCUT2D eigenvalue weighted by molar-refractivity contribution is 5.19. The van der Waals surface area contributed by atoms with E-state index in [0.29, 0.717) is 26.4 Å². The Labute approximate surface area is 113 Å². The number of hydrogen-bond donors (Lipinski definition) is 1. The molecule has 0 heterocycles. The topological polar surface area (TPSA) is 47.9 Å². The summed E-state index contributed by atoms with van der Waals surface area (Å²) in [6.07, 6.45) is -0.205. The number of aliphatic hydroxyl groups is 1. The van der Waals surface area contributed by atoms with Crippen LogP contribution in [-0.2, 0) is 14.2 Å². The molecule has 108 valence electrons. The van der Waals surface area contributed by atoms with Crippen LogP contribution in [0.5, 0.6) is 0 Å². The van der Waals surface area contributed by atoms with Gasteiger partial charge in [-0.2, -0.15) is 0 Å². The van der Waals surface area contributed by atoms with Gasteiger partial charge in [0.1, 0.15) is 11.9 Å². The summed E-state index contributed by atoms with van der Waals surface area (Å²) in [6, 6.07) is 6.15. The van der Waals surface area contributed by atoms with Crippen LogP contribution in [0.15, 0.2) is 24.3 Å². The molecule has 1 rings (SSSR count). The zero-order valence-electron chi connectivity index (χ0n) is 11.2. The minimum absolute atomic E-state index is 0.0823. The third-order valence-corrected chi connectivity index (χ3v) is 2.55. The molecule has 1 N–H and O–H groups in total. The average Bonchev–Trinajstić information content (AvgIpc) is 2.42. The maximum absolute atomic E-state index is 13.3. The minimum atomic E-state index is -0.935. The number of rotatable bonds is 10. The standard InChI is InChI=1S/C14H21FO4/c1-17-9-10-18-7-4-8-19-11-14(16)12-5-2-3-6-13(12)15/h2-3,5-6,14,16H,4,7-11H2,1H3. The van der Waals surface area contributed by atoms with E-state index < -0.39 is 11.9 Å². The molecule has 19 heavy (non-hydrogen) atoms. The molecule has 0 saturated heterocycles. The molecule has 1 unspecified atom stereocenters. The highest BCUT2D eigenvalue weighted by Gasteiger charge is 2.11. The molecule has 0 radical (unpaired) electrons. The van der Waals surface area contributed by atoms with E-state index in [4.69, 9.17) is 14.2 Å². The summed E-state index contributed by atoms with van der Waals surface area (Å²) < 4.78 is 28.7. The van der Waals surface area contributed by atoms with Gasteiger partial charge in [0.2, 0.25) is 0 Å². The van der Waals surface area contributed by atoms with Crippen LogP contribution in [-0.4, -0.2) is 45.3 Å². The first-order valence-electron chi connectivity index (χ1n) is 6.32. The molecule has 0 aliphatic rings. The van der Waals surface area contributed by atoms with Gasteiger partial charge in [0.25, 0.3) is 0 Å². The van der Waals surface area contributed by atoms with Gasteiger partial charge in [-0.05, 0) is 12.5 Å². The fourth-order valence-corrected chi connectivity index (χ4v) is 1.54. The number of ether oxygens (including phenoxy) is 3. The second-order valence-corrected chi connectivity index (χ2v) is 4.07. The van der Waals surface area contributed by atoms with Crippen molar-refractivity contribution in [1.82, 2.24) is 0 Å². The smallest absolute Gasteiger partial charge is 0.129 e. The highest BCUT2D eigenvalue weighted by Crippen LogP contribution is 2.16. The van der Waals surface area contributed by atoms with E-state index in [2.05, 4.69) is 0 Å². The summed E-state index contributed by atoms with van der Waals surface area (Å²) in [4.78, 5) is 0. The van der Waals surface area contributed by atoms with Crippen molar-refractivity contribution in [1.29, 1.82) is 0 Å². The average molecular weight is 272 g/mol. The Kier molecular flexibility index (Phi) is 8.33. The predicted octanol–water partition coefficient (Wildman–Crippen LogP) is 1.93. The van der Waals surface area contributed by atoms with Crippen LogP contribution in [0, 0.1) is 5.82 Å². The van der Waals surface area contributed by atoms with Crippen molar-refractivity contribution in [3.63, 3.8) is 0 Å². The van der Waals surface area contributed by atoms with Gasteiger partial charge in [-0.1, -0.05) is 18.2 Å². The summed E-state index contributed by atoms with van der Waals surface area (Å²) in [7, 11) is 1.62. The number of methoxy groups -OCH3 is 1. The largest absolute Gasteiger partial charge is 0.386 e. The van der Waals surface area contributed by atoms with Crippen LogP contribution in [0.3, 0.4) is 0 Å². The summed E-state index contributed by atoms with van der Waals surface area (Å²) in [5, 5.41) is 9.76. The van der Waals surface area contributed by atoms with E-state index in [-0.39, 0.29) is 12.2 Å². The lowest BCUT2D eigenvalue weighted by Gasteiger charge is -2.12. The normalized spacial score (nSPS) is 12.6. The van der Waals surface area contributed by atoms with Crippen molar-refractivity contribution in [2.24, 2.45) is 0 Å². The summed E-state index contributed by atoms with van der Waals surface area (Å²) >= 11 is 0. The molecule has 4 nitrogen and oxygen atoms in total. The Hall–Kier alpha value is -1.01. The Bertz CT molecular complexity index is 346. The van der Waals surface area contributed by atoms with Crippen LogP contribution < -0.4 is 0 Å². The molecule has 0 aliphatic carbocycles. The van der Waals surface area contributed by atoms with E-state index >= 15 is 0 Å². The minimum Gasteiger partial charge on any atom is -0.386 e. The Morgan fingerprint density at radius 3 is 2.58 bits per heavy atom. The van der Waals surface area contributed by atoms with Gasteiger partial charge in [0.05, 0.1) is 19.8 Å². The molecule has 0 amide bonds. The summed E-state index contributed by atoms with van der Waals surface area (Å²) in [5.74, 6) is -0.415. The fraction of sp³-hybridized carbons (Fsp3) is 0.571. The summed E-state index contributed by atoms with van der Waals surface area (Å²) in [6.45, 7) is 2.28. The zero-order chi connectivity index (χ0) is 13.9. The third-order valence-electron chi connectivity index (χ3n) is 2.55. The molecule has 0 saturated carbocycles. The van der Waals surface area contributed by atoms with Gasteiger partial charge >= 0.3 is 0 Å². The van der Waals surface area contributed by atoms with Gasteiger partial charge in [0, 0.05) is 25.9 Å². The van der Waals surface area contributed by atoms with E-state index in [1.807, 2.05) is 0 Å². The Morgan fingerprint density at radius 2 is 1.84 bits per heavy atom. The van der Waals surface area contributed by atoms with Gasteiger partial charge in [-0.15, -0.1) is 0 Å². The molecule has 0 spiro atoms. The Morgan fingerprint density at radius 1 is 1.11 bits per heavy atom. The van der Waals surface area contributed by atoms with Crippen molar-refractivity contribution in [3.8, 4) is 0 Å². The quantitative estimate of drug-likeness (QED) is 0.661. The summed E-state index contributed by atoms with van der Waals surface area (Å²) in [5.41, 5.74) is 0.263. The number of hydrogen-bond acceptors (Lipinski definition) is 4. The molecule has 5 heteroatoms. The Balaban J connectivity index is 2.08. The number of halogens is 1. The van der Waals surface area contributed by atoms with Crippen molar-refractivity contribution in [3.05, 3.63) is 35.6 Å². The molecule has 0 fully saturated rings. The third kappa shape index (κ3) is 6.63. The molecule has 1 atom stereocenters. The van der Waals surface area contributed by atoms with Crippen LogP contribution in [0.4, 0.5) is 4.39 Å². The zero-order valence-corrected chi connectivity index (χ0v) is 11.2. The van der Waals surface area contributed by atoms with Crippen molar-refractivity contribution >= 4 is 0 Å². The van der Waals surface area contributed by atoms with Crippen LogP contribution in [0.2, 0.25) is 0 Å². The van der Waals surface area contributed by atoms with E-state index in [1.165, 1.54) is 6.07 Å². The maximum Gasteiger partial charge on any atom is 0.129 e. The first-order valence-corrected chi connectivity index (χ1v) is 6.32. The second-order valence-electron chi connectivity index (χ2n) is 4.07. The van der Waals surface area contributed by atoms with Gasteiger partial charge in [0.15, 0.2) is 0 Å². The molecular formula is C14H21FO4. The van der Waals surface area contributed by atoms with Gasteiger partial charge in [-0.3, -0.25) is 0 Å². The number of aliphatic hydroxyl groups excluding tert-OH is 1. The lowest BCUT2D eigenvalue weighted by Crippen LogP contribution is -2.11. The molecule has 1 aromatic carbocycles. The van der Waals surface area contributed by atoms with Crippen molar-refractivity contribution in [2.75, 3.05) is 40.1 Å². The molecule has 0 bridgehead atoms. The van der Waals surface area contributed by atoms with Crippen molar-refractivity contribution < 1.29 is 23.7 Å². The molecular weight excluding hydrogens is 251 g/mol.